The lowest BCUT2D eigenvalue weighted by molar-refractivity contribution is 0.0976. The highest BCUT2D eigenvalue weighted by Crippen LogP contribution is 2.28. The van der Waals surface area contributed by atoms with Gasteiger partial charge in [-0.15, -0.1) is 0 Å². The van der Waals surface area contributed by atoms with E-state index in [9.17, 15) is 5.11 Å². The van der Waals surface area contributed by atoms with Gasteiger partial charge in [0, 0.05) is 5.48 Å². The molecule has 1 N–H and O–H groups in total. The number of hydrogen-bond donors (Lipinski definition) is 1. The van der Waals surface area contributed by atoms with Crippen molar-refractivity contribution in [1.82, 2.24) is 0 Å². The van der Waals surface area contributed by atoms with Gasteiger partial charge in [-0.3, -0.25) is 0 Å². The second kappa shape index (κ2) is 9.94. The zero-order valence-electron chi connectivity index (χ0n) is 24.1. The van der Waals surface area contributed by atoms with Gasteiger partial charge < -0.3 is 19.3 Å². The summed E-state index contributed by atoms with van der Waals surface area (Å²) >= 11 is 0. The Morgan fingerprint density at radius 2 is 2.08 bits per heavy atom. The van der Waals surface area contributed by atoms with Crippen LogP contribution in [0.25, 0.3) is 0 Å². The summed E-state index contributed by atoms with van der Waals surface area (Å²) in [7, 11) is -1.56. The maximum Gasteiger partial charge on any atom is 0.160 e. The molecule has 1 unspecified atom stereocenters. The monoisotopic (exact) mass is 354 g/mol. The molecular weight excluding hydrogens is 316 g/mol. The van der Waals surface area contributed by atoms with E-state index in [1.807, 2.05) is 0 Å². The number of aryl methyl sites for hydroxylation is 2. The molecule has 0 bridgehead atoms. The van der Waals surface area contributed by atoms with Crippen LogP contribution in [-0.4, -0.2) is 31.9 Å². The van der Waals surface area contributed by atoms with Crippen LogP contribution in [0.1, 0.15) is 44.0 Å². The van der Waals surface area contributed by atoms with Crippen molar-refractivity contribution >= 4 is 0 Å². The van der Waals surface area contributed by atoms with Gasteiger partial charge in [0.2, 0.25) is 0 Å². The van der Waals surface area contributed by atoms with Crippen LogP contribution in [-0.2, 0) is 6.37 Å². The molecule has 2 rings (SSSR count). The quantitative estimate of drug-likeness (QED) is 0.696. The van der Waals surface area contributed by atoms with E-state index in [1.165, 1.54) is 19.2 Å². The number of rotatable bonds is 10. The molecule has 0 aliphatic rings. The van der Waals surface area contributed by atoms with Crippen LogP contribution < -0.4 is 14.2 Å². The third-order valence-corrected chi connectivity index (χ3v) is 3.27. The van der Waals surface area contributed by atoms with Crippen LogP contribution in [0, 0.1) is 6.92 Å². The Kier molecular flexibility index (Phi) is 3.77. The van der Waals surface area contributed by atoms with Crippen LogP contribution >= 0.6 is 0 Å². The van der Waals surface area contributed by atoms with E-state index < -0.39 is 45.3 Å². The molecule has 136 valence electrons. The second-order valence-electron chi connectivity index (χ2n) is 5.24. The van der Waals surface area contributed by atoms with Gasteiger partial charge in [-0.1, -0.05) is 24.6 Å². The predicted octanol–water partition coefficient (Wildman–Crippen LogP) is 4.16. The van der Waals surface area contributed by atoms with Crippen molar-refractivity contribution in [1.29, 1.82) is 0 Å². The Labute approximate surface area is 164 Å². The molecule has 0 saturated carbocycles. The topological polar surface area (TPSA) is 47.9 Å². The van der Waals surface area contributed by atoms with E-state index in [0.29, 0.717) is 0 Å². The third-order valence-electron chi connectivity index (χ3n) is 3.27. The molecule has 0 radical (unpaired) electrons. The summed E-state index contributed by atoms with van der Waals surface area (Å²) in [6.07, 6.45) is -9.82. The van der Waals surface area contributed by atoms with Crippen LogP contribution in [0.2, 0.25) is 0 Å². The lowest BCUT2D eigenvalue weighted by Gasteiger charge is -2.13. The zero-order chi connectivity index (χ0) is 26.9. The fourth-order valence-corrected chi connectivity index (χ4v) is 2.02. The van der Waals surface area contributed by atoms with Gasteiger partial charge in [0.05, 0.1) is 28.5 Å². The molecule has 25 heavy (non-hydrogen) atoms. The normalized spacial score (nSPS) is 21.2. The largest absolute Gasteiger partial charge is 0.493 e. The zero-order valence-corrected chi connectivity index (χ0v) is 14.1. The first-order chi connectivity index (χ1) is 15.8. The van der Waals surface area contributed by atoms with E-state index in [4.69, 9.17) is 27.9 Å². The fourth-order valence-electron chi connectivity index (χ4n) is 2.02. The maximum atomic E-state index is 10.5. The minimum Gasteiger partial charge on any atom is -0.493 e. The summed E-state index contributed by atoms with van der Waals surface area (Å²) in [6.45, 7) is -1.18. The lowest BCUT2D eigenvalue weighted by Crippen LogP contribution is -2.17. The molecule has 0 fully saturated rings. The first kappa shape index (κ1) is 9.48. The number of methoxy groups -OCH3 is 2. The van der Waals surface area contributed by atoms with Crippen molar-refractivity contribution in [2.45, 2.75) is 38.6 Å². The smallest absolute Gasteiger partial charge is 0.160 e. The van der Waals surface area contributed by atoms with Crippen molar-refractivity contribution in [3.05, 3.63) is 53.6 Å². The van der Waals surface area contributed by atoms with Gasteiger partial charge in [-0.2, -0.15) is 0 Å². The van der Waals surface area contributed by atoms with Crippen LogP contribution in [0.4, 0.5) is 0 Å². The molecule has 1 atom stereocenters. The molecule has 0 aromatic heterocycles. The average Bonchev–Trinajstić information content (AvgIpc) is 2.71. The second-order valence-corrected chi connectivity index (χ2v) is 5.24. The van der Waals surface area contributed by atoms with Gasteiger partial charge in [0.1, 0.15) is 12.3 Å². The van der Waals surface area contributed by atoms with Gasteiger partial charge in [-0.05, 0) is 61.5 Å². The van der Waals surface area contributed by atoms with Crippen LogP contribution in [0.5, 0.6) is 17.2 Å². The Morgan fingerprint density at radius 1 is 1.20 bits per heavy atom. The first-order valence-electron chi connectivity index (χ1n) is 12.7. The number of aliphatic hydroxyl groups is 1. The Morgan fingerprint density at radius 3 is 2.84 bits per heavy atom. The maximum absolute atomic E-state index is 10.5. The van der Waals surface area contributed by atoms with Crippen LogP contribution in [0.3, 0.4) is 0 Å². The van der Waals surface area contributed by atoms with Gasteiger partial charge in [0.15, 0.2) is 11.5 Å². The summed E-state index contributed by atoms with van der Waals surface area (Å²) < 4.78 is 94.1. The van der Waals surface area contributed by atoms with Crippen LogP contribution in [0.15, 0.2) is 42.5 Å². The molecular formula is C21H28O4. The highest BCUT2D eigenvalue weighted by atomic mass is 16.5. The summed E-state index contributed by atoms with van der Waals surface area (Å²) in [5.41, 5.74) is 0.562. The summed E-state index contributed by atoms with van der Waals surface area (Å²) in [5.74, 6) is -0.238. The summed E-state index contributed by atoms with van der Waals surface area (Å²) in [4.78, 5) is 0. The van der Waals surface area contributed by atoms with Crippen molar-refractivity contribution in [3.8, 4) is 17.2 Å². The van der Waals surface area contributed by atoms with Gasteiger partial charge in [0.25, 0.3) is 0 Å². The molecule has 0 spiro atoms. The summed E-state index contributed by atoms with van der Waals surface area (Å²) in [6, 6.07) is 9.72. The molecule has 2 aromatic rings. The minimum absolute atomic E-state index is 0.0745. The average molecular weight is 355 g/mol. The van der Waals surface area contributed by atoms with E-state index in [2.05, 4.69) is 0 Å². The molecule has 4 heteroatoms. The standard InChI is InChI=1S/C21H28O4/c1-16-7-6-10-19(13-16)25-15-18(22)9-5-4-8-17-11-12-20(23-2)21(14-17)24-3/h6-7,10-14,18,22H,4-5,8-9,15H2,1-3H3/i2D3,4D2,8D2,15D2,18D. The fraction of sp³-hybridized carbons (Fsp3) is 0.429. The van der Waals surface area contributed by atoms with Crippen molar-refractivity contribution < 1.29 is 33.0 Å². The van der Waals surface area contributed by atoms with Gasteiger partial charge in [-0.25, -0.2) is 0 Å². The number of ether oxygens (including phenoxy) is 3. The molecule has 0 heterocycles. The van der Waals surface area contributed by atoms with E-state index in [0.717, 1.165) is 23.8 Å². The Bertz CT molecular complexity index is 1020. The molecule has 0 amide bonds. The first-order valence-corrected chi connectivity index (χ1v) is 7.67. The lowest BCUT2D eigenvalue weighted by atomic mass is 10.0. The molecule has 0 aliphatic carbocycles. The Balaban J connectivity index is 2.23. The number of benzene rings is 2. The highest BCUT2D eigenvalue weighted by Gasteiger charge is 2.07. The SMILES string of the molecule is [2H]C([2H])([2H])Oc1ccc(C([2H])([2H])C([2H])([2H])CCC([2H])(O)C([2H])([2H])Oc2cccc(C)c2)cc1OC. The van der Waals surface area contributed by atoms with Crippen molar-refractivity contribution in [3.63, 3.8) is 0 Å². The van der Waals surface area contributed by atoms with Gasteiger partial charge >= 0.3 is 0 Å². The molecule has 0 saturated heterocycles. The minimum atomic E-state index is -2.93. The molecule has 4 nitrogen and oxygen atoms in total. The predicted molar refractivity (Wildman–Crippen MR) is 99.8 cm³/mol. The molecule has 2 aromatic carbocycles. The Hall–Kier alpha value is -2.20. The van der Waals surface area contributed by atoms with E-state index in [-0.39, 0.29) is 22.8 Å². The van der Waals surface area contributed by atoms with E-state index in [1.54, 1.807) is 19.1 Å². The molecule has 0 aliphatic heterocycles. The van der Waals surface area contributed by atoms with Crippen molar-refractivity contribution in [2.75, 3.05) is 20.7 Å². The van der Waals surface area contributed by atoms with Crippen molar-refractivity contribution in [2.24, 2.45) is 0 Å². The summed E-state index contributed by atoms with van der Waals surface area (Å²) in [5, 5.41) is 10.5. The van der Waals surface area contributed by atoms with E-state index >= 15 is 0 Å². The number of hydrogen-bond acceptors (Lipinski definition) is 4. The highest BCUT2D eigenvalue weighted by molar-refractivity contribution is 5.42. The third kappa shape index (κ3) is 6.31.